The van der Waals surface area contributed by atoms with Crippen LogP contribution in [0.4, 0.5) is 0 Å². The van der Waals surface area contributed by atoms with Crippen molar-refractivity contribution in [3.63, 3.8) is 0 Å². The van der Waals surface area contributed by atoms with Gasteiger partial charge in [0.1, 0.15) is 19.2 Å². The van der Waals surface area contributed by atoms with Gasteiger partial charge in [-0.3, -0.25) is 4.79 Å². The molecule has 0 spiro atoms. The average molecular weight is 525 g/mol. The van der Waals surface area contributed by atoms with Gasteiger partial charge < -0.3 is 15.0 Å². The van der Waals surface area contributed by atoms with Gasteiger partial charge in [-0.25, -0.2) is 4.98 Å². The quantitative estimate of drug-likeness (QED) is 0.198. The van der Waals surface area contributed by atoms with E-state index < -0.39 is 5.91 Å². The zero-order valence-corrected chi connectivity index (χ0v) is 24.0. The van der Waals surface area contributed by atoms with Crippen LogP contribution in [-0.2, 0) is 6.42 Å². The number of hydrogen-bond acceptors (Lipinski definition) is 3. The number of aryl methyl sites for hydroxylation is 1. The van der Waals surface area contributed by atoms with E-state index in [0.717, 1.165) is 70.4 Å². The number of carbonyl (C=O) groups is 1. The number of nitrogens with zero attached hydrogens (tertiary/aromatic N) is 2. The standard InChI is InChI=1S/C34H41N3O2/c1-6-8-17-27-23-26-16-12-13-18-29(26)34(36-27)39-22-21-37(4,5)31(7-2)30-20-19-28(33(35)38)24(3)32(30)25-14-10-9-11-15-25/h9-16,18-20,23,31H,6-8,17,21-22H2,1-5H3,(H-,35,38)/p+1/t31-/m0/s1. The number of likely N-dealkylation sites (N-methyl/N-ethyl adjacent to an activating group) is 1. The molecule has 3 aromatic carbocycles. The van der Waals surface area contributed by atoms with E-state index in [2.05, 4.69) is 70.4 Å². The Morgan fingerprint density at radius 3 is 2.41 bits per heavy atom. The Kier molecular flexibility index (Phi) is 9.03. The molecule has 5 heteroatoms. The Morgan fingerprint density at radius 2 is 1.72 bits per heavy atom. The SMILES string of the molecule is CCCCc1cc2ccccc2c(OCC[N+](C)(C)[C@@H](CC)c2ccc(C(N)=O)c(C)c2-c2ccccc2)n1. The highest BCUT2D eigenvalue weighted by molar-refractivity contribution is 5.96. The maximum atomic E-state index is 12.2. The first-order chi connectivity index (χ1) is 18.8. The first kappa shape index (κ1) is 28.3. The molecule has 1 amide bonds. The van der Waals surface area contributed by atoms with Crippen LogP contribution in [0.1, 0.15) is 66.3 Å². The zero-order valence-electron chi connectivity index (χ0n) is 24.0. The van der Waals surface area contributed by atoms with Crippen LogP contribution in [0.25, 0.3) is 21.9 Å². The molecule has 5 nitrogen and oxygen atoms in total. The number of unbranched alkanes of at least 4 members (excludes halogenated alkanes) is 1. The summed E-state index contributed by atoms with van der Waals surface area (Å²) in [6, 6.07) is 25.0. The summed E-state index contributed by atoms with van der Waals surface area (Å²) in [5.41, 5.74) is 11.7. The lowest BCUT2D eigenvalue weighted by molar-refractivity contribution is -0.921. The van der Waals surface area contributed by atoms with Gasteiger partial charge in [0.25, 0.3) is 0 Å². The summed E-state index contributed by atoms with van der Waals surface area (Å²) in [6.07, 6.45) is 4.15. The van der Waals surface area contributed by atoms with Gasteiger partial charge in [0.05, 0.1) is 14.1 Å². The highest BCUT2D eigenvalue weighted by Crippen LogP contribution is 2.39. The van der Waals surface area contributed by atoms with Crippen LogP contribution < -0.4 is 10.5 Å². The first-order valence-electron chi connectivity index (χ1n) is 14.1. The fourth-order valence-corrected chi connectivity index (χ4v) is 5.71. The molecule has 39 heavy (non-hydrogen) atoms. The summed E-state index contributed by atoms with van der Waals surface area (Å²) in [4.78, 5) is 17.1. The maximum absolute atomic E-state index is 12.2. The third-order valence-corrected chi connectivity index (χ3v) is 7.87. The summed E-state index contributed by atoms with van der Waals surface area (Å²) >= 11 is 0. The Bertz CT molecular complexity index is 1430. The minimum atomic E-state index is -0.396. The van der Waals surface area contributed by atoms with Crippen molar-refractivity contribution >= 4 is 16.7 Å². The van der Waals surface area contributed by atoms with Gasteiger partial charge in [0.15, 0.2) is 0 Å². The predicted octanol–water partition coefficient (Wildman–Crippen LogP) is 7.26. The molecule has 204 valence electrons. The van der Waals surface area contributed by atoms with Gasteiger partial charge in [0, 0.05) is 28.6 Å². The summed E-state index contributed by atoms with van der Waals surface area (Å²) < 4.78 is 7.14. The molecular weight excluding hydrogens is 482 g/mol. The molecule has 0 fully saturated rings. The van der Waals surface area contributed by atoms with E-state index >= 15 is 0 Å². The molecule has 0 saturated carbocycles. The lowest BCUT2D eigenvalue weighted by atomic mass is 9.86. The van der Waals surface area contributed by atoms with E-state index in [9.17, 15) is 4.79 Å². The molecule has 1 aromatic heterocycles. The Hall–Kier alpha value is -3.70. The Morgan fingerprint density at radius 1 is 1.00 bits per heavy atom. The second-order valence-electron chi connectivity index (χ2n) is 11.0. The van der Waals surface area contributed by atoms with Crippen LogP contribution in [0, 0.1) is 6.92 Å². The number of amides is 1. The van der Waals surface area contributed by atoms with Crippen molar-refractivity contribution in [2.45, 2.75) is 52.5 Å². The molecule has 1 atom stereocenters. The highest BCUT2D eigenvalue weighted by Gasteiger charge is 2.32. The van der Waals surface area contributed by atoms with Crippen LogP contribution in [0.3, 0.4) is 0 Å². The van der Waals surface area contributed by atoms with E-state index in [-0.39, 0.29) is 6.04 Å². The van der Waals surface area contributed by atoms with Crippen LogP contribution in [0.2, 0.25) is 0 Å². The second-order valence-corrected chi connectivity index (χ2v) is 11.0. The van der Waals surface area contributed by atoms with Gasteiger partial charge in [-0.05, 0) is 60.0 Å². The number of rotatable bonds is 12. The van der Waals surface area contributed by atoms with E-state index in [0.29, 0.717) is 12.2 Å². The van der Waals surface area contributed by atoms with Gasteiger partial charge in [-0.2, -0.15) is 0 Å². The topological polar surface area (TPSA) is 65.2 Å². The first-order valence-corrected chi connectivity index (χ1v) is 14.1. The second kappa shape index (κ2) is 12.4. The monoisotopic (exact) mass is 524 g/mol. The minimum absolute atomic E-state index is 0.199. The highest BCUT2D eigenvalue weighted by atomic mass is 16.5. The normalized spacial score (nSPS) is 12.4. The van der Waals surface area contributed by atoms with Gasteiger partial charge in [-0.15, -0.1) is 0 Å². The van der Waals surface area contributed by atoms with Gasteiger partial charge in [-0.1, -0.05) is 74.9 Å². The van der Waals surface area contributed by atoms with E-state index in [1.54, 1.807) is 0 Å². The third-order valence-electron chi connectivity index (χ3n) is 7.87. The molecule has 0 unspecified atom stereocenters. The number of primary amides is 1. The number of hydrogen-bond donors (Lipinski definition) is 1. The molecule has 0 aliphatic rings. The third kappa shape index (κ3) is 6.31. The maximum Gasteiger partial charge on any atom is 0.248 e. The average Bonchev–Trinajstić information content (AvgIpc) is 2.92. The molecule has 4 rings (SSSR count). The van der Waals surface area contributed by atoms with Crippen LogP contribution >= 0.6 is 0 Å². The van der Waals surface area contributed by atoms with Gasteiger partial charge in [0.2, 0.25) is 11.8 Å². The molecule has 0 aliphatic carbocycles. The fourth-order valence-electron chi connectivity index (χ4n) is 5.71. The molecular formula is C34H42N3O2+. The number of fused-ring (bicyclic) bond motifs is 1. The summed E-state index contributed by atoms with van der Waals surface area (Å²) in [6.45, 7) is 7.79. The van der Waals surface area contributed by atoms with Crippen LogP contribution in [0.15, 0.2) is 72.8 Å². The molecule has 0 aliphatic heterocycles. The summed E-state index contributed by atoms with van der Waals surface area (Å²) in [7, 11) is 4.51. The van der Waals surface area contributed by atoms with Crippen LogP contribution in [-0.4, -0.2) is 42.6 Å². The van der Waals surface area contributed by atoms with Crippen molar-refractivity contribution in [3.05, 3.63) is 95.2 Å². The molecule has 2 N–H and O–H groups in total. The van der Waals surface area contributed by atoms with Crippen molar-refractivity contribution in [2.24, 2.45) is 5.73 Å². The largest absolute Gasteiger partial charge is 0.471 e. The van der Waals surface area contributed by atoms with Crippen molar-refractivity contribution < 1.29 is 14.0 Å². The van der Waals surface area contributed by atoms with Crippen molar-refractivity contribution in [2.75, 3.05) is 27.2 Å². The van der Waals surface area contributed by atoms with Gasteiger partial charge >= 0.3 is 0 Å². The molecule has 0 bridgehead atoms. The minimum Gasteiger partial charge on any atom is -0.471 e. The number of nitrogens with two attached hydrogens (primary N) is 1. The summed E-state index contributed by atoms with van der Waals surface area (Å²) in [5.74, 6) is 0.325. The molecule has 0 saturated heterocycles. The van der Waals surface area contributed by atoms with Crippen molar-refractivity contribution in [3.8, 4) is 17.0 Å². The van der Waals surface area contributed by atoms with E-state index in [1.165, 1.54) is 10.9 Å². The Labute approximate surface area is 233 Å². The number of quaternary nitrogens is 1. The van der Waals surface area contributed by atoms with E-state index in [1.807, 2.05) is 37.3 Å². The molecule has 0 radical (unpaired) electrons. The smallest absolute Gasteiger partial charge is 0.248 e. The van der Waals surface area contributed by atoms with Crippen molar-refractivity contribution in [1.29, 1.82) is 0 Å². The molecule has 4 aromatic rings. The van der Waals surface area contributed by atoms with Crippen molar-refractivity contribution in [1.82, 2.24) is 4.98 Å². The summed E-state index contributed by atoms with van der Waals surface area (Å²) in [5, 5.41) is 2.23. The lowest BCUT2D eigenvalue weighted by Gasteiger charge is -2.39. The number of aromatic nitrogens is 1. The Balaban J connectivity index is 1.63. The fraction of sp³-hybridized carbons (Fsp3) is 0.353. The van der Waals surface area contributed by atoms with Crippen LogP contribution in [0.5, 0.6) is 5.88 Å². The predicted molar refractivity (Wildman–Crippen MR) is 161 cm³/mol. The lowest BCUT2D eigenvalue weighted by Crippen LogP contribution is -2.46. The number of pyridine rings is 1. The number of benzene rings is 3. The molecule has 1 heterocycles. The number of carbonyl (C=O) groups excluding carboxylic acids is 1. The number of ether oxygens (including phenoxy) is 1. The zero-order chi connectivity index (χ0) is 28.0. The van der Waals surface area contributed by atoms with E-state index in [4.69, 9.17) is 15.5 Å².